The van der Waals surface area contributed by atoms with Gasteiger partial charge in [0, 0.05) is 17.6 Å². The van der Waals surface area contributed by atoms with Crippen LogP contribution in [0.5, 0.6) is 5.75 Å². The predicted molar refractivity (Wildman–Crippen MR) is 80.1 cm³/mol. The van der Waals surface area contributed by atoms with E-state index in [4.69, 9.17) is 33.7 Å². The minimum Gasteiger partial charge on any atom is -0.483 e. The van der Waals surface area contributed by atoms with E-state index in [2.05, 4.69) is 6.07 Å². The quantitative estimate of drug-likeness (QED) is 0.908. The van der Waals surface area contributed by atoms with Crippen LogP contribution in [0.3, 0.4) is 0 Å². The second kappa shape index (κ2) is 6.29. The van der Waals surface area contributed by atoms with Crippen molar-refractivity contribution in [2.24, 2.45) is 5.73 Å². The van der Waals surface area contributed by atoms with Gasteiger partial charge in [-0.3, -0.25) is 0 Å². The Bertz CT molecular complexity index is 572. The molecule has 2 aromatic rings. The van der Waals surface area contributed by atoms with Crippen molar-refractivity contribution < 1.29 is 4.74 Å². The number of benzene rings is 2. The van der Waals surface area contributed by atoms with E-state index in [0.29, 0.717) is 22.3 Å². The molecule has 0 aliphatic carbocycles. The molecule has 4 heteroatoms. The van der Waals surface area contributed by atoms with Crippen LogP contribution in [0.2, 0.25) is 10.0 Å². The molecule has 1 unspecified atom stereocenters. The summed E-state index contributed by atoms with van der Waals surface area (Å²) in [5.41, 5.74) is 7.98. The number of aryl methyl sites for hydroxylation is 1. The second-order valence-corrected chi connectivity index (χ2v) is 5.17. The van der Waals surface area contributed by atoms with Crippen molar-refractivity contribution in [2.75, 3.05) is 6.54 Å². The molecule has 0 spiro atoms. The van der Waals surface area contributed by atoms with Crippen molar-refractivity contribution in [3.05, 3.63) is 63.6 Å². The lowest BCUT2D eigenvalue weighted by molar-refractivity contribution is 0.214. The molecule has 2 nitrogen and oxygen atoms in total. The van der Waals surface area contributed by atoms with Crippen molar-refractivity contribution >= 4 is 23.2 Å². The van der Waals surface area contributed by atoms with Crippen LogP contribution < -0.4 is 10.5 Å². The van der Waals surface area contributed by atoms with Gasteiger partial charge in [0.15, 0.2) is 0 Å². The topological polar surface area (TPSA) is 35.2 Å². The van der Waals surface area contributed by atoms with Gasteiger partial charge in [0.25, 0.3) is 0 Å². The average molecular weight is 296 g/mol. The zero-order chi connectivity index (χ0) is 13.8. The third-order valence-electron chi connectivity index (χ3n) is 2.79. The first-order valence-electron chi connectivity index (χ1n) is 5.98. The lowest BCUT2D eigenvalue weighted by Gasteiger charge is -2.19. The highest BCUT2D eigenvalue weighted by atomic mass is 35.5. The van der Waals surface area contributed by atoms with Gasteiger partial charge in [-0.15, -0.1) is 0 Å². The van der Waals surface area contributed by atoms with Crippen LogP contribution in [0.1, 0.15) is 17.2 Å². The van der Waals surface area contributed by atoms with E-state index in [9.17, 15) is 0 Å². The first kappa shape index (κ1) is 14.2. The van der Waals surface area contributed by atoms with Crippen molar-refractivity contribution in [1.82, 2.24) is 0 Å². The highest BCUT2D eigenvalue weighted by molar-refractivity contribution is 6.34. The maximum absolute atomic E-state index is 6.09. The molecule has 100 valence electrons. The van der Waals surface area contributed by atoms with E-state index in [1.165, 1.54) is 0 Å². The third kappa shape index (κ3) is 3.63. The monoisotopic (exact) mass is 295 g/mol. The maximum Gasteiger partial charge on any atom is 0.140 e. The van der Waals surface area contributed by atoms with Crippen LogP contribution in [0, 0.1) is 6.92 Å². The summed E-state index contributed by atoms with van der Waals surface area (Å²) in [5.74, 6) is 0.547. The maximum atomic E-state index is 6.09. The molecule has 0 aliphatic heterocycles. The van der Waals surface area contributed by atoms with Crippen LogP contribution >= 0.6 is 23.2 Å². The standard InChI is InChI=1S/C15H15Cl2NO/c1-10-3-2-4-11(7-10)15(9-18)19-14-8-12(16)5-6-13(14)17/h2-8,15H,9,18H2,1H3. The Morgan fingerprint density at radius 1 is 1.16 bits per heavy atom. The first-order chi connectivity index (χ1) is 9.10. The number of nitrogens with two attached hydrogens (primary N) is 1. The van der Waals surface area contributed by atoms with E-state index in [0.717, 1.165) is 11.1 Å². The molecule has 1 atom stereocenters. The van der Waals surface area contributed by atoms with Crippen molar-refractivity contribution in [3.8, 4) is 5.75 Å². The molecular formula is C15H15Cl2NO. The highest BCUT2D eigenvalue weighted by Crippen LogP contribution is 2.31. The number of rotatable bonds is 4. The van der Waals surface area contributed by atoms with Gasteiger partial charge in [-0.2, -0.15) is 0 Å². The summed E-state index contributed by atoms with van der Waals surface area (Å²) in [6.07, 6.45) is -0.240. The van der Waals surface area contributed by atoms with Crippen LogP contribution in [0.4, 0.5) is 0 Å². The normalized spacial score (nSPS) is 12.2. The molecule has 0 bridgehead atoms. The summed E-state index contributed by atoms with van der Waals surface area (Å²) in [7, 11) is 0. The molecule has 2 rings (SSSR count). The Hall–Kier alpha value is -1.22. The Balaban J connectivity index is 2.26. The fourth-order valence-corrected chi connectivity index (χ4v) is 2.17. The van der Waals surface area contributed by atoms with Gasteiger partial charge >= 0.3 is 0 Å². The molecule has 19 heavy (non-hydrogen) atoms. The molecule has 0 amide bonds. The molecule has 0 aromatic heterocycles. The molecule has 0 aliphatic rings. The summed E-state index contributed by atoms with van der Waals surface area (Å²) in [6.45, 7) is 2.40. The Kier molecular flexibility index (Phi) is 4.70. The first-order valence-corrected chi connectivity index (χ1v) is 6.74. The molecule has 0 saturated heterocycles. The van der Waals surface area contributed by atoms with E-state index < -0.39 is 0 Å². The largest absolute Gasteiger partial charge is 0.483 e. The third-order valence-corrected chi connectivity index (χ3v) is 3.34. The fraction of sp³-hybridized carbons (Fsp3) is 0.200. The van der Waals surface area contributed by atoms with Gasteiger partial charge in [-0.25, -0.2) is 0 Å². The summed E-state index contributed by atoms with van der Waals surface area (Å²) >= 11 is 12.0. The molecule has 0 radical (unpaired) electrons. The smallest absolute Gasteiger partial charge is 0.140 e. The van der Waals surface area contributed by atoms with Gasteiger partial charge < -0.3 is 10.5 Å². The zero-order valence-electron chi connectivity index (χ0n) is 10.6. The summed E-state index contributed by atoms with van der Waals surface area (Å²) < 4.78 is 5.87. The Morgan fingerprint density at radius 3 is 2.63 bits per heavy atom. The minimum absolute atomic E-state index is 0.240. The van der Waals surface area contributed by atoms with Crippen molar-refractivity contribution in [3.63, 3.8) is 0 Å². The Labute approximate surface area is 123 Å². The molecule has 2 N–H and O–H groups in total. The SMILES string of the molecule is Cc1cccc(C(CN)Oc2cc(Cl)ccc2Cl)c1. The number of ether oxygens (including phenoxy) is 1. The van der Waals surface area contributed by atoms with Crippen LogP contribution in [0.25, 0.3) is 0 Å². The number of hydrogen-bond acceptors (Lipinski definition) is 2. The average Bonchev–Trinajstić information content (AvgIpc) is 2.39. The number of halogens is 2. The van der Waals surface area contributed by atoms with Gasteiger partial charge in [-0.05, 0) is 24.6 Å². The summed E-state index contributed by atoms with van der Waals surface area (Å²) in [5, 5.41) is 1.11. The molecule has 0 fully saturated rings. The predicted octanol–water partition coefficient (Wildman–Crippen LogP) is 4.38. The summed E-state index contributed by atoms with van der Waals surface area (Å²) in [6, 6.07) is 13.2. The van der Waals surface area contributed by atoms with Crippen molar-refractivity contribution in [2.45, 2.75) is 13.0 Å². The van der Waals surface area contributed by atoms with Crippen LogP contribution in [0.15, 0.2) is 42.5 Å². The van der Waals surface area contributed by atoms with E-state index in [1.54, 1.807) is 18.2 Å². The van der Waals surface area contributed by atoms with E-state index >= 15 is 0 Å². The molecule has 0 saturated carbocycles. The highest BCUT2D eigenvalue weighted by Gasteiger charge is 2.13. The minimum atomic E-state index is -0.240. The van der Waals surface area contributed by atoms with E-state index in [-0.39, 0.29) is 6.10 Å². The zero-order valence-corrected chi connectivity index (χ0v) is 12.1. The van der Waals surface area contributed by atoms with Gasteiger partial charge in [0.2, 0.25) is 0 Å². The van der Waals surface area contributed by atoms with Crippen LogP contribution in [-0.4, -0.2) is 6.54 Å². The van der Waals surface area contributed by atoms with E-state index in [1.807, 2.05) is 25.1 Å². The van der Waals surface area contributed by atoms with Gasteiger partial charge in [0.05, 0.1) is 5.02 Å². The van der Waals surface area contributed by atoms with Crippen molar-refractivity contribution in [1.29, 1.82) is 0 Å². The second-order valence-electron chi connectivity index (χ2n) is 4.33. The molecule has 0 heterocycles. The Morgan fingerprint density at radius 2 is 1.95 bits per heavy atom. The molecular weight excluding hydrogens is 281 g/mol. The summed E-state index contributed by atoms with van der Waals surface area (Å²) in [4.78, 5) is 0. The lowest BCUT2D eigenvalue weighted by atomic mass is 10.1. The van der Waals surface area contributed by atoms with Gasteiger partial charge in [-0.1, -0.05) is 53.0 Å². The fourth-order valence-electron chi connectivity index (χ4n) is 1.84. The molecule has 2 aromatic carbocycles. The van der Waals surface area contributed by atoms with Crippen LogP contribution in [-0.2, 0) is 0 Å². The number of hydrogen-bond donors (Lipinski definition) is 1. The lowest BCUT2D eigenvalue weighted by Crippen LogP contribution is -2.18. The van der Waals surface area contributed by atoms with Gasteiger partial charge in [0.1, 0.15) is 11.9 Å².